The number of nitrogens with zero attached hydrogens (tertiary/aromatic N) is 2. The van der Waals surface area contributed by atoms with E-state index in [1.54, 1.807) is 41.2 Å². The first-order valence-corrected chi connectivity index (χ1v) is 8.88. The Morgan fingerprint density at radius 3 is 2.18 bits per heavy atom. The number of rotatable bonds is 3. The van der Waals surface area contributed by atoms with E-state index < -0.39 is 11.7 Å². The predicted octanol–water partition coefficient (Wildman–Crippen LogP) is 6.88. The van der Waals surface area contributed by atoms with Crippen LogP contribution in [-0.4, -0.2) is 9.78 Å². The summed E-state index contributed by atoms with van der Waals surface area (Å²) in [6.45, 7) is 0. The second-order valence-corrected chi connectivity index (χ2v) is 6.69. The smallest absolute Gasteiger partial charge is 0.240 e. The van der Waals surface area contributed by atoms with Crippen molar-refractivity contribution in [3.63, 3.8) is 0 Å². The van der Waals surface area contributed by atoms with Crippen LogP contribution in [0.1, 0.15) is 5.56 Å². The fourth-order valence-corrected chi connectivity index (χ4v) is 3.11. The predicted molar refractivity (Wildman–Crippen MR) is 104 cm³/mol. The Kier molecular flexibility index (Phi) is 4.69. The molecule has 4 rings (SSSR count). The third-order valence-corrected chi connectivity index (χ3v) is 4.61. The Bertz CT molecular complexity index is 1100. The normalized spacial score (nSPS) is 11.6. The molecule has 3 aromatic carbocycles. The van der Waals surface area contributed by atoms with Gasteiger partial charge in [0.1, 0.15) is 5.69 Å². The molecule has 0 saturated heterocycles. The summed E-state index contributed by atoms with van der Waals surface area (Å²) < 4.78 is 41.2. The van der Waals surface area contributed by atoms with Gasteiger partial charge in [0.25, 0.3) is 0 Å². The molecule has 0 fully saturated rings. The van der Waals surface area contributed by atoms with Crippen molar-refractivity contribution >= 4 is 11.6 Å². The van der Waals surface area contributed by atoms with Crippen LogP contribution in [-0.2, 0) is 6.18 Å². The molecule has 1 aromatic heterocycles. The van der Waals surface area contributed by atoms with Crippen molar-refractivity contribution in [2.75, 3.05) is 0 Å². The van der Waals surface area contributed by atoms with Crippen molar-refractivity contribution in [3.8, 4) is 28.1 Å². The van der Waals surface area contributed by atoms with Gasteiger partial charge < -0.3 is 0 Å². The highest BCUT2D eigenvalue weighted by Gasteiger charge is 2.30. The number of benzene rings is 3. The fourth-order valence-electron chi connectivity index (χ4n) is 2.98. The van der Waals surface area contributed by atoms with E-state index in [0.29, 0.717) is 21.8 Å². The first-order valence-electron chi connectivity index (χ1n) is 8.50. The maximum absolute atomic E-state index is 13.2. The molecule has 0 saturated carbocycles. The fraction of sp³-hybridized carbons (Fsp3) is 0.0455. The molecule has 0 aliphatic carbocycles. The number of aromatic nitrogens is 2. The van der Waals surface area contributed by atoms with Gasteiger partial charge in [0, 0.05) is 22.3 Å². The SMILES string of the molecule is FC(F)(F)c1cccc(-c2cn(-c3ccccc3)nc2-c2ccc(Cl)cc2)c1. The Labute approximate surface area is 164 Å². The largest absolute Gasteiger partial charge is 0.416 e. The maximum atomic E-state index is 13.2. The summed E-state index contributed by atoms with van der Waals surface area (Å²) in [6.07, 6.45) is -2.67. The van der Waals surface area contributed by atoms with Gasteiger partial charge in [-0.15, -0.1) is 0 Å². The van der Waals surface area contributed by atoms with Gasteiger partial charge in [-0.05, 0) is 42.0 Å². The summed E-state index contributed by atoms with van der Waals surface area (Å²) in [5.41, 5.74) is 2.53. The van der Waals surface area contributed by atoms with Crippen molar-refractivity contribution in [1.82, 2.24) is 9.78 Å². The molecule has 0 aliphatic rings. The van der Waals surface area contributed by atoms with Crippen LogP contribution in [0.2, 0.25) is 5.02 Å². The van der Waals surface area contributed by atoms with E-state index in [-0.39, 0.29) is 0 Å². The van der Waals surface area contributed by atoms with Gasteiger partial charge in [-0.2, -0.15) is 18.3 Å². The van der Waals surface area contributed by atoms with Gasteiger partial charge in [-0.1, -0.05) is 54.1 Å². The molecular weight excluding hydrogens is 385 g/mol. The number of alkyl halides is 3. The molecule has 140 valence electrons. The van der Waals surface area contributed by atoms with Crippen LogP contribution in [0.25, 0.3) is 28.1 Å². The Morgan fingerprint density at radius 2 is 1.50 bits per heavy atom. The Hall–Kier alpha value is -3.05. The van der Waals surface area contributed by atoms with Crippen LogP contribution in [0.3, 0.4) is 0 Å². The molecule has 0 spiro atoms. The lowest BCUT2D eigenvalue weighted by Gasteiger charge is -2.09. The standard InChI is InChI=1S/C22H14ClF3N2/c23-18-11-9-15(10-12-18)21-20(14-28(27-21)19-7-2-1-3-8-19)16-5-4-6-17(13-16)22(24,25)26/h1-14H. The molecule has 0 radical (unpaired) electrons. The molecule has 28 heavy (non-hydrogen) atoms. The second-order valence-electron chi connectivity index (χ2n) is 6.26. The summed E-state index contributed by atoms with van der Waals surface area (Å²) in [7, 11) is 0. The van der Waals surface area contributed by atoms with Crippen LogP contribution in [0.4, 0.5) is 13.2 Å². The number of hydrogen-bond donors (Lipinski definition) is 0. The lowest BCUT2D eigenvalue weighted by atomic mass is 10.00. The average Bonchev–Trinajstić information content (AvgIpc) is 3.14. The Balaban J connectivity index is 1.90. The molecule has 0 atom stereocenters. The number of para-hydroxylation sites is 1. The lowest BCUT2D eigenvalue weighted by Crippen LogP contribution is -2.04. The summed E-state index contributed by atoms with van der Waals surface area (Å²) in [6, 6.07) is 21.7. The van der Waals surface area contributed by atoms with E-state index in [2.05, 4.69) is 5.10 Å². The third-order valence-electron chi connectivity index (χ3n) is 4.35. The molecular formula is C22H14ClF3N2. The van der Waals surface area contributed by atoms with Crippen LogP contribution in [0.15, 0.2) is 85.1 Å². The van der Waals surface area contributed by atoms with E-state index in [1.165, 1.54) is 6.07 Å². The third kappa shape index (κ3) is 3.66. The first-order chi connectivity index (χ1) is 13.4. The molecule has 1 heterocycles. The quantitative estimate of drug-likeness (QED) is 0.368. The monoisotopic (exact) mass is 398 g/mol. The van der Waals surface area contributed by atoms with Crippen molar-refractivity contribution in [2.45, 2.75) is 6.18 Å². The van der Waals surface area contributed by atoms with Crippen LogP contribution < -0.4 is 0 Å². The molecule has 2 nitrogen and oxygen atoms in total. The van der Waals surface area contributed by atoms with Gasteiger partial charge in [-0.3, -0.25) is 0 Å². The minimum Gasteiger partial charge on any atom is -0.240 e. The van der Waals surface area contributed by atoms with Gasteiger partial charge in [0.15, 0.2) is 0 Å². The highest BCUT2D eigenvalue weighted by Crippen LogP contribution is 2.36. The molecule has 0 N–H and O–H groups in total. The lowest BCUT2D eigenvalue weighted by molar-refractivity contribution is -0.137. The van der Waals surface area contributed by atoms with E-state index in [0.717, 1.165) is 23.4 Å². The summed E-state index contributed by atoms with van der Waals surface area (Å²) in [5.74, 6) is 0. The average molecular weight is 399 g/mol. The first kappa shape index (κ1) is 18.3. The second kappa shape index (κ2) is 7.17. The van der Waals surface area contributed by atoms with Crippen LogP contribution in [0, 0.1) is 0 Å². The van der Waals surface area contributed by atoms with E-state index in [9.17, 15) is 13.2 Å². The Morgan fingerprint density at radius 1 is 0.786 bits per heavy atom. The van der Waals surface area contributed by atoms with E-state index in [4.69, 9.17) is 11.6 Å². The summed E-state index contributed by atoms with van der Waals surface area (Å²) in [4.78, 5) is 0. The van der Waals surface area contributed by atoms with Crippen molar-refractivity contribution < 1.29 is 13.2 Å². The summed E-state index contributed by atoms with van der Waals surface area (Å²) >= 11 is 5.98. The van der Waals surface area contributed by atoms with Crippen molar-refractivity contribution in [1.29, 1.82) is 0 Å². The number of hydrogen-bond acceptors (Lipinski definition) is 1. The highest BCUT2D eigenvalue weighted by molar-refractivity contribution is 6.30. The zero-order chi connectivity index (χ0) is 19.7. The van der Waals surface area contributed by atoms with Gasteiger partial charge in [-0.25, -0.2) is 4.68 Å². The summed E-state index contributed by atoms with van der Waals surface area (Å²) in [5, 5.41) is 5.22. The topological polar surface area (TPSA) is 17.8 Å². The minimum atomic E-state index is -4.41. The zero-order valence-corrected chi connectivity index (χ0v) is 15.2. The zero-order valence-electron chi connectivity index (χ0n) is 14.5. The molecule has 4 aromatic rings. The molecule has 0 amide bonds. The molecule has 0 aliphatic heterocycles. The molecule has 0 unspecified atom stereocenters. The van der Waals surface area contributed by atoms with E-state index in [1.807, 2.05) is 30.3 Å². The molecule has 0 bridgehead atoms. The minimum absolute atomic E-state index is 0.446. The molecule has 6 heteroatoms. The van der Waals surface area contributed by atoms with Crippen molar-refractivity contribution in [3.05, 3.63) is 95.6 Å². The maximum Gasteiger partial charge on any atom is 0.416 e. The van der Waals surface area contributed by atoms with Gasteiger partial charge in [0.2, 0.25) is 0 Å². The van der Waals surface area contributed by atoms with Crippen LogP contribution >= 0.6 is 11.6 Å². The van der Waals surface area contributed by atoms with Gasteiger partial charge >= 0.3 is 6.18 Å². The van der Waals surface area contributed by atoms with E-state index >= 15 is 0 Å². The van der Waals surface area contributed by atoms with Crippen molar-refractivity contribution in [2.24, 2.45) is 0 Å². The number of halogens is 4. The highest BCUT2D eigenvalue weighted by atomic mass is 35.5. The van der Waals surface area contributed by atoms with Gasteiger partial charge in [0.05, 0.1) is 11.3 Å². The van der Waals surface area contributed by atoms with Crippen LogP contribution in [0.5, 0.6) is 0 Å².